The van der Waals surface area contributed by atoms with Gasteiger partial charge in [0.05, 0.1) is 6.61 Å². The molecule has 0 spiro atoms. The van der Waals surface area contributed by atoms with Gasteiger partial charge >= 0.3 is 5.97 Å². The molecule has 0 rings (SSSR count). The normalized spacial score (nSPS) is 13.1. The van der Waals surface area contributed by atoms with Crippen molar-refractivity contribution >= 4 is 44.8 Å². The highest BCUT2D eigenvalue weighted by Crippen LogP contribution is 1.82. The van der Waals surface area contributed by atoms with E-state index >= 15 is 0 Å². The van der Waals surface area contributed by atoms with Crippen LogP contribution in [0.25, 0.3) is 0 Å². The Bertz CT molecular complexity index is 122. The SMILES string of the molecule is CC(=O)OCC[SiH2][SiH2]O[SiH2]O[SiH3]. The van der Waals surface area contributed by atoms with Gasteiger partial charge in [0, 0.05) is 16.0 Å². The molecule has 0 aliphatic carbocycles. The molecule has 0 fully saturated rings. The number of hydrogen-bond donors (Lipinski definition) is 0. The Kier molecular flexibility index (Phi) is 9.55. The molecule has 0 amide bonds. The summed E-state index contributed by atoms with van der Waals surface area (Å²) in [5.74, 6) is -0.177. The number of carbonyl (C=O) groups excluding carboxylic acids is 1. The Morgan fingerprint density at radius 1 is 1.58 bits per heavy atom. The van der Waals surface area contributed by atoms with Crippen LogP contribution in [0.1, 0.15) is 6.92 Å². The summed E-state index contributed by atoms with van der Waals surface area (Å²) in [4.78, 5) is 10.3. The maximum Gasteiger partial charge on any atom is 0.302 e. The maximum absolute atomic E-state index is 10.3. The molecular formula is C4H16O4Si4. The average Bonchev–Trinajstić information content (AvgIpc) is 2.02. The van der Waals surface area contributed by atoms with Crippen LogP contribution in [0.2, 0.25) is 6.04 Å². The van der Waals surface area contributed by atoms with Crippen LogP contribution in [-0.2, 0) is 17.8 Å². The number of rotatable bonds is 7. The van der Waals surface area contributed by atoms with E-state index in [9.17, 15) is 4.79 Å². The van der Waals surface area contributed by atoms with Gasteiger partial charge in [0.2, 0.25) is 0 Å². The molecule has 0 aromatic heterocycles. The highest BCUT2D eigenvalue weighted by molar-refractivity contribution is 6.98. The number of ether oxygens (including phenoxy) is 1. The van der Waals surface area contributed by atoms with Gasteiger partial charge in [-0.05, 0) is 6.04 Å². The Morgan fingerprint density at radius 2 is 2.33 bits per heavy atom. The summed E-state index contributed by atoms with van der Waals surface area (Å²) < 4.78 is 15.2. The van der Waals surface area contributed by atoms with E-state index in [0.717, 1.165) is 16.5 Å². The molecule has 72 valence electrons. The molecule has 4 nitrogen and oxygen atoms in total. The van der Waals surface area contributed by atoms with Crippen molar-refractivity contribution in [2.75, 3.05) is 6.61 Å². The summed E-state index contributed by atoms with van der Waals surface area (Å²) in [6.45, 7) is 2.04. The average molecular weight is 241 g/mol. The molecule has 0 aromatic rings. The van der Waals surface area contributed by atoms with Crippen molar-refractivity contribution in [1.29, 1.82) is 0 Å². The zero-order valence-electron chi connectivity index (χ0n) is 7.67. The lowest BCUT2D eigenvalue weighted by Gasteiger charge is -2.01. The van der Waals surface area contributed by atoms with E-state index in [-0.39, 0.29) is 24.3 Å². The lowest BCUT2D eigenvalue weighted by atomic mass is 10.8. The Labute approximate surface area is 82.5 Å². The Balaban J connectivity index is 2.86. The van der Waals surface area contributed by atoms with Crippen LogP contribution in [0.3, 0.4) is 0 Å². The van der Waals surface area contributed by atoms with Crippen LogP contribution in [0, 0.1) is 0 Å². The van der Waals surface area contributed by atoms with Crippen molar-refractivity contribution in [3.05, 3.63) is 0 Å². The first-order valence-electron chi connectivity index (χ1n) is 3.97. The molecule has 0 saturated heterocycles. The molecular weight excluding hydrogens is 224 g/mol. The molecule has 0 bridgehead atoms. The van der Waals surface area contributed by atoms with E-state index in [4.69, 9.17) is 13.0 Å². The summed E-state index contributed by atoms with van der Waals surface area (Å²) >= 11 is 0. The first kappa shape index (κ1) is 12.3. The van der Waals surface area contributed by atoms with Gasteiger partial charge in [-0.25, -0.2) is 0 Å². The van der Waals surface area contributed by atoms with E-state index in [1.54, 1.807) is 0 Å². The van der Waals surface area contributed by atoms with Crippen LogP contribution < -0.4 is 0 Å². The third-order valence-electron chi connectivity index (χ3n) is 1.19. The first-order chi connectivity index (χ1) is 5.77. The predicted octanol–water partition coefficient (Wildman–Crippen LogP) is -3.55. The third kappa shape index (κ3) is 10.3. The largest absolute Gasteiger partial charge is 0.466 e. The van der Waals surface area contributed by atoms with Gasteiger partial charge in [-0.1, -0.05) is 0 Å². The summed E-state index contributed by atoms with van der Waals surface area (Å²) in [7, 11) is -0.0468. The van der Waals surface area contributed by atoms with E-state index in [0.29, 0.717) is 6.61 Å². The topological polar surface area (TPSA) is 44.8 Å². The number of esters is 1. The fourth-order valence-electron chi connectivity index (χ4n) is 0.664. The van der Waals surface area contributed by atoms with E-state index in [1.807, 2.05) is 0 Å². The van der Waals surface area contributed by atoms with Crippen LogP contribution >= 0.6 is 0 Å². The fraction of sp³-hybridized carbons (Fsp3) is 0.750. The molecule has 0 saturated carbocycles. The second-order valence-electron chi connectivity index (χ2n) is 2.36. The quantitative estimate of drug-likeness (QED) is 0.263. The maximum atomic E-state index is 10.3. The van der Waals surface area contributed by atoms with Gasteiger partial charge in [-0.2, -0.15) is 0 Å². The molecule has 0 heterocycles. The minimum atomic E-state index is -0.578. The van der Waals surface area contributed by atoms with Crippen LogP contribution in [0.5, 0.6) is 0 Å². The van der Waals surface area contributed by atoms with Gasteiger partial charge in [-0.3, -0.25) is 4.79 Å². The van der Waals surface area contributed by atoms with Crippen molar-refractivity contribution in [2.45, 2.75) is 13.0 Å². The Morgan fingerprint density at radius 3 is 2.92 bits per heavy atom. The second kappa shape index (κ2) is 9.35. The van der Waals surface area contributed by atoms with Crippen molar-refractivity contribution in [3.63, 3.8) is 0 Å². The zero-order valence-corrected chi connectivity index (χ0v) is 13.9. The summed E-state index contributed by atoms with van der Waals surface area (Å²) in [6, 6.07) is 1.07. The van der Waals surface area contributed by atoms with Gasteiger partial charge in [0.1, 0.15) is 19.8 Å². The summed E-state index contributed by atoms with van der Waals surface area (Å²) in [6.07, 6.45) is 0. The summed E-state index contributed by atoms with van der Waals surface area (Å²) in [5.41, 5.74) is 0. The zero-order chi connectivity index (χ0) is 9.23. The molecule has 0 aliphatic heterocycles. The van der Waals surface area contributed by atoms with Gasteiger partial charge < -0.3 is 13.0 Å². The lowest BCUT2D eigenvalue weighted by molar-refractivity contribution is -0.140. The predicted molar refractivity (Wildman–Crippen MR) is 59.2 cm³/mol. The molecule has 0 unspecified atom stereocenters. The van der Waals surface area contributed by atoms with Crippen LogP contribution in [-0.4, -0.2) is 51.4 Å². The highest BCUT2D eigenvalue weighted by Gasteiger charge is 1.94. The van der Waals surface area contributed by atoms with Crippen molar-refractivity contribution < 1.29 is 17.8 Å². The summed E-state index contributed by atoms with van der Waals surface area (Å²) in [5, 5.41) is 0. The molecule has 0 radical (unpaired) electrons. The smallest absolute Gasteiger partial charge is 0.302 e. The monoisotopic (exact) mass is 240 g/mol. The van der Waals surface area contributed by atoms with E-state index in [2.05, 4.69) is 0 Å². The number of carbonyl (C=O) groups is 1. The first-order valence-corrected chi connectivity index (χ1v) is 11.5. The van der Waals surface area contributed by atoms with E-state index < -0.39 is 10.0 Å². The molecule has 8 heteroatoms. The lowest BCUT2D eigenvalue weighted by Crippen LogP contribution is -2.15. The molecule has 0 aliphatic rings. The van der Waals surface area contributed by atoms with Gasteiger partial charge in [0.15, 0.2) is 0 Å². The molecule has 0 aromatic carbocycles. The van der Waals surface area contributed by atoms with Gasteiger partial charge in [-0.15, -0.1) is 0 Å². The minimum absolute atomic E-state index is 0.0424. The van der Waals surface area contributed by atoms with Crippen molar-refractivity contribution in [1.82, 2.24) is 0 Å². The van der Waals surface area contributed by atoms with Crippen LogP contribution in [0.4, 0.5) is 0 Å². The van der Waals surface area contributed by atoms with E-state index in [1.165, 1.54) is 6.92 Å². The Hall–Kier alpha value is 0.258. The molecule has 12 heavy (non-hydrogen) atoms. The molecule has 0 N–H and O–H groups in total. The standard InChI is InChI=1S/C4H16O4Si4/c1-4(5)6-2-3-10-12-8-11-7-9/h2-3,10-12H2,1,9H3. The van der Waals surface area contributed by atoms with Crippen LogP contribution in [0.15, 0.2) is 0 Å². The number of hydrogen-bond acceptors (Lipinski definition) is 4. The van der Waals surface area contributed by atoms with Crippen molar-refractivity contribution in [3.8, 4) is 0 Å². The minimum Gasteiger partial charge on any atom is -0.466 e. The third-order valence-corrected chi connectivity index (χ3v) is 10.00. The second-order valence-corrected chi connectivity index (χ2v) is 11.7. The van der Waals surface area contributed by atoms with Crippen molar-refractivity contribution in [2.24, 2.45) is 0 Å². The fourth-order valence-corrected chi connectivity index (χ4v) is 8.79. The van der Waals surface area contributed by atoms with Gasteiger partial charge in [0.25, 0.3) is 10.0 Å². The molecule has 0 atom stereocenters. The highest BCUT2D eigenvalue weighted by atomic mass is 29.2.